The Balaban J connectivity index is 2.96. The van der Waals surface area contributed by atoms with Gasteiger partial charge in [-0.25, -0.2) is 8.78 Å². The molecule has 1 atom stereocenters. The molecule has 0 radical (unpaired) electrons. The topological polar surface area (TPSA) is 20.2 Å². The van der Waals surface area contributed by atoms with E-state index in [4.69, 9.17) is 11.6 Å². The van der Waals surface area contributed by atoms with E-state index in [0.717, 1.165) is 11.3 Å². The molecule has 1 heterocycles. The summed E-state index contributed by atoms with van der Waals surface area (Å²) in [5, 5.41) is 9.18. The Morgan fingerprint density at radius 1 is 1.69 bits per heavy atom. The lowest BCUT2D eigenvalue weighted by Crippen LogP contribution is -2.20. The van der Waals surface area contributed by atoms with Crippen LogP contribution in [0.1, 0.15) is 17.9 Å². The quantitative estimate of drug-likeness (QED) is 0.877. The van der Waals surface area contributed by atoms with E-state index >= 15 is 0 Å². The summed E-state index contributed by atoms with van der Waals surface area (Å²) in [5.41, 5.74) is 0. The summed E-state index contributed by atoms with van der Waals surface area (Å²) in [6.45, 7) is 0.666. The number of alkyl halides is 2. The van der Waals surface area contributed by atoms with Crippen LogP contribution >= 0.6 is 38.9 Å². The van der Waals surface area contributed by atoms with Crippen LogP contribution in [-0.2, 0) is 0 Å². The van der Waals surface area contributed by atoms with E-state index < -0.39 is 12.0 Å². The molecule has 0 aliphatic rings. The Hall–Kier alpha value is 0.290. The lowest BCUT2D eigenvalue weighted by atomic mass is 10.2. The third kappa shape index (κ3) is 2.62. The first kappa shape index (κ1) is 11.4. The van der Waals surface area contributed by atoms with Gasteiger partial charge in [0, 0.05) is 16.3 Å². The molecule has 1 aromatic heterocycles. The van der Waals surface area contributed by atoms with Crippen molar-refractivity contribution in [2.24, 2.45) is 0 Å². The number of thiophene rings is 1. The average Bonchev–Trinajstić information content (AvgIpc) is 2.29. The van der Waals surface area contributed by atoms with Crippen molar-refractivity contribution in [2.75, 3.05) is 0 Å². The van der Waals surface area contributed by atoms with Gasteiger partial charge in [0.2, 0.25) is 0 Å². The molecule has 1 N–H and O–H groups in total. The molecule has 1 aromatic rings. The van der Waals surface area contributed by atoms with Crippen LogP contribution in [0.15, 0.2) is 10.5 Å². The molecule has 1 nitrogen and oxygen atoms in total. The van der Waals surface area contributed by atoms with E-state index in [0.29, 0.717) is 15.7 Å². The van der Waals surface area contributed by atoms with Gasteiger partial charge in [0.25, 0.3) is 5.92 Å². The van der Waals surface area contributed by atoms with E-state index in [9.17, 15) is 13.9 Å². The highest BCUT2D eigenvalue weighted by Crippen LogP contribution is 2.40. The standard InChI is InChI=1S/C7H6BrClF2OS/c1-7(10,11)5(12)4-2-3(8)6(9)13-4/h2,5,12H,1H3. The zero-order valence-electron chi connectivity index (χ0n) is 6.52. The van der Waals surface area contributed by atoms with Crippen molar-refractivity contribution in [3.05, 3.63) is 19.8 Å². The number of aliphatic hydroxyl groups excluding tert-OH is 1. The van der Waals surface area contributed by atoms with Crippen molar-refractivity contribution in [1.82, 2.24) is 0 Å². The number of halogens is 4. The van der Waals surface area contributed by atoms with E-state index in [1.165, 1.54) is 6.07 Å². The van der Waals surface area contributed by atoms with Crippen molar-refractivity contribution in [1.29, 1.82) is 0 Å². The van der Waals surface area contributed by atoms with Crippen LogP contribution in [0.4, 0.5) is 8.78 Å². The molecule has 0 saturated carbocycles. The summed E-state index contributed by atoms with van der Waals surface area (Å²) >= 11 is 9.65. The second-order valence-electron chi connectivity index (χ2n) is 2.63. The van der Waals surface area contributed by atoms with Crippen LogP contribution in [0.3, 0.4) is 0 Å². The molecule has 0 fully saturated rings. The Kier molecular flexibility index (Phi) is 3.33. The van der Waals surface area contributed by atoms with Crippen LogP contribution in [-0.4, -0.2) is 11.0 Å². The zero-order chi connectivity index (χ0) is 10.2. The summed E-state index contributed by atoms with van der Waals surface area (Å²) in [6, 6.07) is 1.40. The number of aliphatic hydroxyl groups is 1. The number of rotatable bonds is 2. The van der Waals surface area contributed by atoms with E-state index in [2.05, 4.69) is 15.9 Å². The van der Waals surface area contributed by atoms with Gasteiger partial charge in [0.05, 0.1) is 0 Å². The van der Waals surface area contributed by atoms with Crippen molar-refractivity contribution in [2.45, 2.75) is 19.0 Å². The third-order valence-corrected chi connectivity index (χ3v) is 3.94. The molecule has 0 bridgehead atoms. The van der Waals surface area contributed by atoms with Crippen LogP contribution in [0.2, 0.25) is 4.34 Å². The minimum atomic E-state index is -3.15. The summed E-state index contributed by atoms with van der Waals surface area (Å²) in [6.07, 6.45) is -1.79. The van der Waals surface area contributed by atoms with Gasteiger partial charge in [-0.15, -0.1) is 11.3 Å². The second-order valence-corrected chi connectivity index (χ2v) is 5.17. The van der Waals surface area contributed by atoms with Gasteiger partial charge in [-0.05, 0) is 22.0 Å². The molecule has 0 aliphatic carbocycles. The molecule has 0 aliphatic heterocycles. The molecule has 0 saturated heterocycles. The van der Waals surface area contributed by atoms with Gasteiger partial charge in [-0.1, -0.05) is 11.6 Å². The second kappa shape index (κ2) is 3.81. The lowest BCUT2D eigenvalue weighted by molar-refractivity contribution is -0.0938. The summed E-state index contributed by atoms with van der Waals surface area (Å²) < 4.78 is 26.2. The molecule has 74 valence electrons. The van der Waals surface area contributed by atoms with Gasteiger partial charge in [-0.2, -0.15) is 0 Å². The molecule has 13 heavy (non-hydrogen) atoms. The maximum Gasteiger partial charge on any atom is 0.275 e. The monoisotopic (exact) mass is 290 g/mol. The fourth-order valence-electron chi connectivity index (χ4n) is 0.748. The SMILES string of the molecule is CC(F)(F)C(O)c1cc(Br)c(Cl)s1. The predicted octanol–water partition coefficient (Wildman–Crippen LogP) is 3.85. The van der Waals surface area contributed by atoms with Crippen molar-refractivity contribution in [3.8, 4) is 0 Å². The van der Waals surface area contributed by atoms with Crippen molar-refractivity contribution < 1.29 is 13.9 Å². The molecule has 6 heteroatoms. The highest BCUT2D eigenvalue weighted by molar-refractivity contribution is 9.10. The lowest BCUT2D eigenvalue weighted by Gasteiger charge is -2.15. The van der Waals surface area contributed by atoms with Crippen LogP contribution in [0.25, 0.3) is 0 Å². The Labute approximate surface area is 91.5 Å². The highest BCUT2D eigenvalue weighted by atomic mass is 79.9. The largest absolute Gasteiger partial charge is 0.381 e. The first-order chi connectivity index (χ1) is 5.82. The van der Waals surface area contributed by atoms with E-state index in [1.54, 1.807) is 0 Å². The summed E-state index contributed by atoms with van der Waals surface area (Å²) in [5.74, 6) is -3.15. The fraction of sp³-hybridized carbons (Fsp3) is 0.429. The number of hydrogen-bond donors (Lipinski definition) is 1. The van der Waals surface area contributed by atoms with Gasteiger partial charge < -0.3 is 5.11 Å². The van der Waals surface area contributed by atoms with Crippen molar-refractivity contribution in [3.63, 3.8) is 0 Å². The minimum absolute atomic E-state index is 0.157. The van der Waals surface area contributed by atoms with Crippen LogP contribution < -0.4 is 0 Å². The van der Waals surface area contributed by atoms with Crippen molar-refractivity contribution >= 4 is 38.9 Å². The molecule has 1 unspecified atom stereocenters. The predicted molar refractivity (Wildman–Crippen MR) is 52.6 cm³/mol. The van der Waals surface area contributed by atoms with Gasteiger partial charge in [-0.3, -0.25) is 0 Å². The van der Waals surface area contributed by atoms with Gasteiger partial charge >= 0.3 is 0 Å². The zero-order valence-corrected chi connectivity index (χ0v) is 9.68. The average molecular weight is 292 g/mol. The Bertz CT molecular complexity index is 290. The van der Waals surface area contributed by atoms with E-state index in [-0.39, 0.29) is 4.88 Å². The molecular weight excluding hydrogens is 285 g/mol. The Morgan fingerprint density at radius 2 is 2.23 bits per heavy atom. The highest BCUT2D eigenvalue weighted by Gasteiger charge is 2.35. The third-order valence-electron chi connectivity index (χ3n) is 1.41. The molecule has 0 amide bonds. The summed E-state index contributed by atoms with van der Waals surface area (Å²) in [4.78, 5) is 0.157. The normalized spacial score (nSPS) is 14.6. The summed E-state index contributed by atoms with van der Waals surface area (Å²) in [7, 11) is 0. The van der Waals surface area contributed by atoms with Crippen LogP contribution in [0.5, 0.6) is 0 Å². The Morgan fingerprint density at radius 3 is 2.54 bits per heavy atom. The molecule has 1 rings (SSSR count). The van der Waals surface area contributed by atoms with Gasteiger partial charge in [0.15, 0.2) is 6.10 Å². The maximum atomic E-state index is 12.6. The first-order valence-electron chi connectivity index (χ1n) is 3.33. The molecular formula is C7H6BrClF2OS. The van der Waals surface area contributed by atoms with Gasteiger partial charge in [0.1, 0.15) is 4.34 Å². The van der Waals surface area contributed by atoms with Crippen LogP contribution in [0, 0.1) is 0 Å². The number of hydrogen-bond acceptors (Lipinski definition) is 2. The molecule has 0 aromatic carbocycles. The fourth-order valence-corrected chi connectivity index (χ4v) is 2.57. The minimum Gasteiger partial charge on any atom is -0.381 e. The maximum absolute atomic E-state index is 12.6. The van der Waals surface area contributed by atoms with E-state index in [1.807, 2.05) is 0 Å². The molecule has 0 spiro atoms. The smallest absolute Gasteiger partial charge is 0.275 e. The first-order valence-corrected chi connectivity index (χ1v) is 5.31.